The smallest absolute Gasteiger partial charge is 0.315 e. The van der Waals surface area contributed by atoms with E-state index in [1.54, 1.807) is 0 Å². The minimum absolute atomic E-state index is 0.117. The maximum atomic E-state index is 13.2. The summed E-state index contributed by atoms with van der Waals surface area (Å²) in [5.41, 5.74) is 5.43. The van der Waals surface area contributed by atoms with Gasteiger partial charge < -0.3 is 10.1 Å². The fraction of sp³-hybridized carbons (Fsp3) is 0.308. The fourth-order valence-corrected chi connectivity index (χ4v) is 4.55. The van der Waals surface area contributed by atoms with Gasteiger partial charge in [0.25, 0.3) is 0 Å². The molecule has 1 aliphatic heterocycles. The van der Waals surface area contributed by atoms with Gasteiger partial charge in [0.2, 0.25) is 0 Å². The number of esters is 1. The second-order valence-electron chi connectivity index (χ2n) is 8.03. The lowest BCUT2D eigenvalue weighted by atomic mass is 9.70. The van der Waals surface area contributed by atoms with Gasteiger partial charge in [0, 0.05) is 35.7 Å². The molecule has 2 aromatic rings. The van der Waals surface area contributed by atoms with E-state index in [2.05, 4.69) is 11.9 Å². The highest BCUT2D eigenvalue weighted by molar-refractivity contribution is 6.00. The van der Waals surface area contributed by atoms with Gasteiger partial charge in [-0.3, -0.25) is 9.59 Å². The second-order valence-corrected chi connectivity index (χ2v) is 8.03. The Labute approximate surface area is 177 Å². The van der Waals surface area contributed by atoms with Gasteiger partial charge in [0.1, 0.15) is 5.92 Å². The third-order valence-electron chi connectivity index (χ3n) is 6.04. The Morgan fingerprint density at radius 2 is 1.83 bits per heavy atom. The molecule has 2 aliphatic rings. The van der Waals surface area contributed by atoms with Crippen LogP contribution in [0.2, 0.25) is 0 Å². The van der Waals surface area contributed by atoms with E-state index in [4.69, 9.17) is 4.74 Å². The zero-order valence-corrected chi connectivity index (χ0v) is 17.3. The lowest BCUT2D eigenvalue weighted by Gasteiger charge is -2.38. The molecule has 0 spiro atoms. The molecule has 0 saturated heterocycles. The molecule has 4 nitrogen and oxygen atoms in total. The van der Waals surface area contributed by atoms with Gasteiger partial charge in [-0.2, -0.15) is 0 Å². The summed E-state index contributed by atoms with van der Waals surface area (Å²) in [6.45, 7) is 6.46. The van der Waals surface area contributed by atoms with Crippen molar-refractivity contribution in [2.75, 3.05) is 6.61 Å². The molecule has 2 unspecified atom stereocenters. The molecule has 0 amide bonds. The molecule has 1 heterocycles. The Bertz CT molecular complexity index is 1010. The highest BCUT2D eigenvalue weighted by Crippen LogP contribution is 2.45. The summed E-state index contributed by atoms with van der Waals surface area (Å²) in [5.74, 6) is -1.19. The van der Waals surface area contributed by atoms with Crippen molar-refractivity contribution in [3.05, 3.63) is 94.8 Å². The molecule has 0 saturated carbocycles. The van der Waals surface area contributed by atoms with Crippen LogP contribution in [0.5, 0.6) is 0 Å². The highest BCUT2D eigenvalue weighted by atomic mass is 16.5. The van der Waals surface area contributed by atoms with Crippen molar-refractivity contribution >= 4 is 11.8 Å². The first kappa shape index (κ1) is 20.1. The van der Waals surface area contributed by atoms with Crippen LogP contribution in [0.4, 0.5) is 0 Å². The first-order valence-corrected chi connectivity index (χ1v) is 10.5. The summed E-state index contributed by atoms with van der Waals surface area (Å²) in [4.78, 5) is 26.1. The second kappa shape index (κ2) is 8.70. The van der Waals surface area contributed by atoms with Crippen molar-refractivity contribution in [1.29, 1.82) is 0 Å². The molecule has 2 atom stereocenters. The quantitative estimate of drug-likeness (QED) is 0.744. The molecule has 4 rings (SSSR count). The summed E-state index contributed by atoms with van der Waals surface area (Å²) in [6.07, 6.45) is 2.80. The first-order valence-electron chi connectivity index (χ1n) is 10.5. The van der Waals surface area contributed by atoms with E-state index in [0.29, 0.717) is 25.1 Å². The molecule has 0 bridgehead atoms. The lowest BCUT2D eigenvalue weighted by Crippen LogP contribution is -2.41. The average Bonchev–Trinajstić information content (AvgIpc) is 2.74. The predicted molar refractivity (Wildman–Crippen MR) is 117 cm³/mol. The van der Waals surface area contributed by atoms with Gasteiger partial charge >= 0.3 is 5.97 Å². The molecule has 154 valence electrons. The van der Waals surface area contributed by atoms with Crippen molar-refractivity contribution < 1.29 is 14.3 Å². The Morgan fingerprint density at radius 1 is 1.10 bits per heavy atom. The van der Waals surface area contributed by atoms with E-state index in [0.717, 1.165) is 40.8 Å². The minimum atomic E-state index is -0.623. The van der Waals surface area contributed by atoms with Crippen LogP contribution in [0.3, 0.4) is 0 Å². The van der Waals surface area contributed by atoms with Crippen molar-refractivity contribution in [2.45, 2.75) is 38.5 Å². The van der Waals surface area contributed by atoms with Crippen molar-refractivity contribution in [2.24, 2.45) is 5.92 Å². The number of carbonyl (C=O) groups is 2. The van der Waals surface area contributed by atoms with Crippen molar-refractivity contribution in [3.63, 3.8) is 0 Å². The van der Waals surface area contributed by atoms with E-state index in [9.17, 15) is 9.59 Å². The van der Waals surface area contributed by atoms with Crippen LogP contribution in [-0.2, 0) is 20.7 Å². The maximum Gasteiger partial charge on any atom is 0.315 e. The summed E-state index contributed by atoms with van der Waals surface area (Å²) in [5, 5.41) is 3.27. The topological polar surface area (TPSA) is 55.4 Å². The van der Waals surface area contributed by atoms with E-state index < -0.39 is 5.92 Å². The van der Waals surface area contributed by atoms with Gasteiger partial charge in [-0.1, -0.05) is 61.2 Å². The zero-order chi connectivity index (χ0) is 21.1. The Balaban J connectivity index is 1.63. The molecule has 4 heteroatoms. The largest absolute Gasteiger partial charge is 0.465 e. The summed E-state index contributed by atoms with van der Waals surface area (Å²) >= 11 is 0. The van der Waals surface area contributed by atoms with E-state index in [1.807, 2.05) is 61.5 Å². The molecule has 1 aliphatic carbocycles. The minimum Gasteiger partial charge on any atom is -0.465 e. The van der Waals surface area contributed by atoms with Crippen LogP contribution in [0.1, 0.15) is 41.9 Å². The van der Waals surface area contributed by atoms with Gasteiger partial charge in [-0.15, -0.1) is 0 Å². The van der Waals surface area contributed by atoms with Gasteiger partial charge in [0.15, 0.2) is 5.78 Å². The summed E-state index contributed by atoms with van der Waals surface area (Å²) in [6, 6.07) is 17.9. The average molecular weight is 402 g/mol. The summed E-state index contributed by atoms with van der Waals surface area (Å²) in [7, 11) is 0. The van der Waals surface area contributed by atoms with E-state index in [1.165, 1.54) is 0 Å². The zero-order valence-electron chi connectivity index (χ0n) is 17.3. The van der Waals surface area contributed by atoms with E-state index >= 15 is 0 Å². The summed E-state index contributed by atoms with van der Waals surface area (Å²) < 4.78 is 5.69. The number of aryl methyl sites for hydroxylation is 1. The van der Waals surface area contributed by atoms with Gasteiger partial charge in [0.05, 0.1) is 6.61 Å². The first-order chi connectivity index (χ1) is 14.6. The molecular weight excluding hydrogens is 374 g/mol. The third-order valence-corrected chi connectivity index (χ3v) is 6.04. The monoisotopic (exact) mass is 401 g/mol. The highest BCUT2D eigenvalue weighted by Gasteiger charge is 2.44. The lowest BCUT2D eigenvalue weighted by molar-refractivity contribution is -0.147. The molecule has 0 aromatic heterocycles. The SMILES string of the molecule is C=C1NC2=C(C(=O)CCC2)C(c2ccccc2C)C1C(=O)OCCc1ccccc1. The number of benzene rings is 2. The Hall–Kier alpha value is -3.14. The number of ketones is 1. The Morgan fingerprint density at radius 3 is 2.60 bits per heavy atom. The molecule has 1 N–H and O–H groups in total. The molecule has 0 fully saturated rings. The van der Waals surface area contributed by atoms with Crippen molar-refractivity contribution in [1.82, 2.24) is 5.32 Å². The number of nitrogens with one attached hydrogen (secondary N) is 1. The number of allylic oxidation sites excluding steroid dienone is 2. The van der Waals surface area contributed by atoms with Crippen LogP contribution in [0.25, 0.3) is 0 Å². The third kappa shape index (κ3) is 3.95. The number of Topliss-reactive ketones (excluding diaryl/α,β-unsaturated/α-hetero) is 1. The molecule has 30 heavy (non-hydrogen) atoms. The number of hydrogen-bond donors (Lipinski definition) is 1. The number of ether oxygens (including phenoxy) is 1. The Kier molecular flexibility index (Phi) is 5.84. The molecule has 0 radical (unpaired) electrons. The van der Waals surface area contributed by atoms with Gasteiger partial charge in [-0.05, 0) is 36.5 Å². The van der Waals surface area contributed by atoms with E-state index in [-0.39, 0.29) is 17.7 Å². The van der Waals surface area contributed by atoms with Crippen LogP contribution < -0.4 is 5.32 Å². The van der Waals surface area contributed by atoms with Crippen LogP contribution in [0, 0.1) is 12.8 Å². The molecular formula is C26H27NO3. The number of hydrogen-bond acceptors (Lipinski definition) is 4. The van der Waals surface area contributed by atoms with Crippen LogP contribution in [-0.4, -0.2) is 18.4 Å². The maximum absolute atomic E-state index is 13.2. The number of rotatable bonds is 5. The standard InChI is InChI=1S/C26H27NO3/c1-17-9-6-7-12-20(17)24-23(18(2)27-21-13-8-14-22(28)25(21)24)26(29)30-16-15-19-10-4-3-5-11-19/h3-7,9-12,23-24,27H,2,8,13-16H2,1H3. The predicted octanol–water partition coefficient (Wildman–Crippen LogP) is 4.60. The number of carbonyl (C=O) groups excluding carboxylic acids is 2. The van der Waals surface area contributed by atoms with Crippen molar-refractivity contribution in [3.8, 4) is 0 Å². The normalized spacial score (nSPS) is 21.1. The fourth-order valence-electron chi connectivity index (χ4n) is 4.55. The molecule has 2 aromatic carbocycles. The van der Waals surface area contributed by atoms with Gasteiger partial charge in [-0.25, -0.2) is 0 Å². The van der Waals surface area contributed by atoms with Crippen LogP contribution in [0.15, 0.2) is 78.1 Å². The van der Waals surface area contributed by atoms with Crippen LogP contribution >= 0.6 is 0 Å².